The van der Waals surface area contributed by atoms with E-state index in [0.717, 1.165) is 30.8 Å². The van der Waals surface area contributed by atoms with Gasteiger partial charge < -0.3 is 10.1 Å². The van der Waals surface area contributed by atoms with Gasteiger partial charge in [-0.25, -0.2) is 9.78 Å². The predicted molar refractivity (Wildman–Crippen MR) is 52.4 cm³/mol. The summed E-state index contributed by atoms with van der Waals surface area (Å²) in [4.78, 5) is 15.4. The van der Waals surface area contributed by atoms with Crippen LogP contribution in [0.15, 0.2) is 12.1 Å². The number of ether oxygens (including phenoxy) is 1. The molecule has 0 spiro atoms. The summed E-state index contributed by atoms with van der Waals surface area (Å²) in [5.41, 5.74) is 2.37. The number of aromatic nitrogens is 1. The van der Waals surface area contributed by atoms with Crippen LogP contribution in [0.2, 0.25) is 0 Å². The molecule has 14 heavy (non-hydrogen) atoms. The number of nitrogens with zero attached hydrogens (tertiary/aromatic N) is 1. The van der Waals surface area contributed by atoms with Crippen LogP contribution in [-0.2, 0) is 11.2 Å². The zero-order valence-electron chi connectivity index (χ0n) is 8.04. The molecule has 1 aliphatic heterocycles. The molecule has 2 heterocycles. The fourth-order valence-corrected chi connectivity index (χ4v) is 1.55. The topological polar surface area (TPSA) is 51.2 Å². The molecule has 0 atom stereocenters. The molecule has 0 aliphatic carbocycles. The van der Waals surface area contributed by atoms with E-state index in [2.05, 4.69) is 15.0 Å². The number of anilines is 1. The highest BCUT2D eigenvalue weighted by atomic mass is 16.5. The summed E-state index contributed by atoms with van der Waals surface area (Å²) in [6.45, 7) is 0.978. The van der Waals surface area contributed by atoms with Crippen molar-refractivity contribution in [3.05, 3.63) is 23.5 Å². The first-order valence-corrected chi connectivity index (χ1v) is 4.63. The first-order chi connectivity index (χ1) is 6.81. The van der Waals surface area contributed by atoms with Gasteiger partial charge in [-0.3, -0.25) is 0 Å². The Morgan fingerprint density at radius 3 is 3.21 bits per heavy atom. The van der Waals surface area contributed by atoms with E-state index in [0.29, 0.717) is 5.69 Å². The second-order valence-corrected chi connectivity index (χ2v) is 3.21. The molecule has 0 saturated carbocycles. The number of rotatable bonds is 1. The van der Waals surface area contributed by atoms with E-state index >= 15 is 0 Å². The summed E-state index contributed by atoms with van der Waals surface area (Å²) >= 11 is 0. The normalized spacial score (nSPS) is 14.1. The van der Waals surface area contributed by atoms with Crippen molar-refractivity contribution in [2.45, 2.75) is 12.8 Å². The summed E-state index contributed by atoms with van der Waals surface area (Å²) in [7, 11) is 1.36. The SMILES string of the molecule is COC(=O)c1ccc2c(n1)CCCN2. The Bertz CT molecular complexity index is 363. The van der Waals surface area contributed by atoms with Crippen LogP contribution in [-0.4, -0.2) is 24.6 Å². The van der Waals surface area contributed by atoms with E-state index in [1.165, 1.54) is 7.11 Å². The van der Waals surface area contributed by atoms with Crippen molar-refractivity contribution in [2.24, 2.45) is 0 Å². The Morgan fingerprint density at radius 2 is 2.43 bits per heavy atom. The quantitative estimate of drug-likeness (QED) is 0.680. The summed E-state index contributed by atoms with van der Waals surface area (Å²) in [6.07, 6.45) is 1.98. The van der Waals surface area contributed by atoms with Crippen molar-refractivity contribution in [1.82, 2.24) is 4.98 Å². The fourth-order valence-electron chi connectivity index (χ4n) is 1.55. The lowest BCUT2D eigenvalue weighted by molar-refractivity contribution is 0.0594. The van der Waals surface area contributed by atoms with Gasteiger partial charge in [-0.05, 0) is 25.0 Å². The van der Waals surface area contributed by atoms with Gasteiger partial charge in [0.05, 0.1) is 18.5 Å². The molecule has 1 aromatic heterocycles. The minimum Gasteiger partial charge on any atom is -0.464 e. The number of hydrogen-bond donors (Lipinski definition) is 1. The van der Waals surface area contributed by atoms with Crippen molar-refractivity contribution in [2.75, 3.05) is 19.0 Å². The van der Waals surface area contributed by atoms with Crippen molar-refractivity contribution >= 4 is 11.7 Å². The second-order valence-electron chi connectivity index (χ2n) is 3.21. The Kier molecular flexibility index (Phi) is 2.35. The van der Waals surface area contributed by atoms with E-state index in [-0.39, 0.29) is 5.97 Å². The van der Waals surface area contributed by atoms with Crippen LogP contribution in [0.4, 0.5) is 5.69 Å². The Balaban J connectivity index is 2.33. The lowest BCUT2D eigenvalue weighted by atomic mass is 10.1. The molecule has 0 aromatic carbocycles. The molecule has 0 fully saturated rings. The number of aryl methyl sites for hydroxylation is 1. The maximum absolute atomic E-state index is 11.2. The van der Waals surface area contributed by atoms with Crippen LogP contribution >= 0.6 is 0 Å². The third-order valence-corrected chi connectivity index (χ3v) is 2.27. The molecule has 2 rings (SSSR count). The predicted octanol–water partition coefficient (Wildman–Crippen LogP) is 1.23. The monoisotopic (exact) mass is 192 g/mol. The number of pyridine rings is 1. The van der Waals surface area contributed by atoms with E-state index in [1.807, 2.05) is 6.07 Å². The van der Waals surface area contributed by atoms with Gasteiger partial charge in [-0.2, -0.15) is 0 Å². The lowest BCUT2D eigenvalue weighted by Gasteiger charge is -2.16. The van der Waals surface area contributed by atoms with Crippen molar-refractivity contribution < 1.29 is 9.53 Å². The molecule has 0 saturated heterocycles. The highest BCUT2D eigenvalue weighted by Gasteiger charge is 2.13. The molecule has 1 N–H and O–H groups in total. The highest BCUT2D eigenvalue weighted by Crippen LogP contribution is 2.19. The first kappa shape index (κ1) is 8.99. The minimum atomic E-state index is -0.377. The van der Waals surface area contributed by atoms with Crippen molar-refractivity contribution in [1.29, 1.82) is 0 Å². The standard InChI is InChI=1S/C10H12N2O2/c1-14-10(13)9-5-4-7-8(12-9)3-2-6-11-7/h4-5,11H,2-3,6H2,1H3. The highest BCUT2D eigenvalue weighted by molar-refractivity contribution is 5.87. The number of nitrogens with one attached hydrogen (secondary N) is 1. The summed E-state index contributed by atoms with van der Waals surface area (Å²) in [5.74, 6) is -0.377. The van der Waals surface area contributed by atoms with Crippen LogP contribution in [0.25, 0.3) is 0 Å². The number of esters is 1. The van der Waals surface area contributed by atoms with Gasteiger partial charge in [-0.15, -0.1) is 0 Å². The maximum atomic E-state index is 11.2. The minimum absolute atomic E-state index is 0.377. The average Bonchev–Trinajstić information content (AvgIpc) is 2.27. The number of carbonyl (C=O) groups is 1. The fraction of sp³-hybridized carbons (Fsp3) is 0.400. The molecule has 4 nitrogen and oxygen atoms in total. The van der Waals surface area contributed by atoms with Crippen molar-refractivity contribution in [3.8, 4) is 0 Å². The second kappa shape index (κ2) is 3.65. The molecule has 0 unspecified atom stereocenters. The van der Waals surface area contributed by atoms with Crippen LogP contribution in [0, 0.1) is 0 Å². The van der Waals surface area contributed by atoms with Crippen LogP contribution in [0.3, 0.4) is 0 Å². The van der Waals surface area contributed by atoms with E-state index in [9.17, 15) is 4.79 Å². The number of fused-ring (bicyclic) bond motifs is 1. The molecule has 0 amide bonds. The van der Waals surface area contributed by atoms with Crippen molar-refractivity contribution in [3.63, 3.8) is 0 Å². The van der Waals surface area contributed by atoms with Gasteiger partial charge in [-0.1, -0.05) is 0 Å². The lowest BCUT2D eigenvalue weighted by Crippen LogP contribution is -2.15. The molecular formula is C10H12N2O2. The van der Waals surface area contributed by atoms with Crippen LogP contribution in [0.1, 0.15) is 22.6 Å². The van der Waals surface area contributed by atoms with Crippen LogP contribution < -0.4 is 5.32 Å². The molecule has 0 bridgehead atoms. The van der Waals surface area contributed by atoms with Gasteiger partial charge >= 0.3 is 5.97 Å². The summed E-state index contributed by atoms with van der Waals surface area (Å²) in [5, 5.41) is 3.23. The summed E-state index contributed by atoms with van der Waals surface area (Å²) < 4.78 is 4.61. The van der Waals surface area contributed by atoms with Gasteiger partial charge in [0.15, 0.2) is 0 Å². The number of hydrogen-bond acceptors (Lipinski definition) is 4. The molecule has 1 aliphatic rings. The molecular weight excluding hydrogens is 180 g/mol. The Morgan fingerprint density at radius 1 is 1.57 bits per heavy atom. The zero-order valence-corrected chi connectivity index (χ0v) is 8.04. The summed E-state index contributed by atoms with van der Waals surface area (Å²) in [6, 6.07) is 3.57. The van der Waals surface area contributed by atoms with E-state index < -0.39 is 0 Å². The van der Waals surface area contributed by atoms with Gasteiger partial charge in [0, 0.05) is 6.54 Å². The zero-order chi connectivity index (χ0) is 9.97. The van der Waals surface area contributed by atoms with Gasteiger partial charge in [0.25, 0.3) is 0 Å². The largest absolute Gasteiger partial charge is 0.464 e. The Hall–Kier alpha value is -1.58. The number of methoxy groups -OCH3 is 1. The van der Waals surface area contributed by atoms with Gasteiger partial charge in [0.1, 0.15) is 5.69 Å². The smallest absolute Gasteiger partial charge is 0.356 e. The number of carbonyl (C=O) groups excluding carboxylic acids is 1. The third kappa shape index (κ3) is 1.55. The first-order valence-electron chi connectivity index (χ1n) is 4.63. The molecule has 4 heteroatoms. The Labute approximate surface area is 82.3 Å². The van der Waals surface area contributed by atoms with E-state index in [4.69, 9.17) is 0 Å². The molecule has 1 aromatic rings. The van der Waals surface area contributed by atoms with Gasteiger partial charge in [0.2, 0.25) is 0 Å². The van der Waals surface area contributed by atoms with Crippen LogP contribution in [0.5, 0.6) is 0 Å². The average molecular weight is 192 g/mol. The molecule has 74 valence electrons. The third-order valence-electron chi connectivity index (χ3n) is 2.27. The molecule has 0 radical (unpaired) electrons. The van der Waals surface area contributed by atoms with E-state index in [1.54, 1.807) is 6.07 Å². The maximum Gasteiger partial charge on any atom is 0.356 e.